The molecule has 1 aromatic carbocycles. The molecule has 3 nitrogen and oxygen atoms in total. The van der Waals surface area contributed by atoms with Gasteiger partial charge in [0, 0.05) is 6.54 Å². The lowest BCUT2D eigenvalue weighted by molar-refractivity contribution is 0.582. The Balaban J connectivity index is 2.66. The van der Waals surface area contributed by atoms with Crippen LogP contribution in [-0.2, 0) is 9.84 Å². The van der Waals surface area contributed by atoms with E-state index in [0.29, 0.717) is 11.4 Å². The molecule has 0 aliphatic carbocycles. The van der Waals surface area contributed by atoms with Gasteiger partial charge in [-0.2, -0.15) is 0 Å². The van der Waals surface area contributed by atoms with Crippen LogP contribution in [0.1, 0.15) is 6.92 Å². The van der Waals surface area contributed by atoms with Crippen molar-refractivity contribution in [2.45, 2.75) is 17.1 Å². The van der Waals surface area contributed by atoms with E-state index < -0.39 is 9.84 Å². The zero-order chi connectivity index (χ0) is 9.47. The summed E-state index contributed by atoms with van der Waals surface area (Å²) in [6, 6.07) is 7.01. The van der Waals surface area contributed by atoms with Crippen molar-refractivity contribution in [3.63, 3.8) is 0 Å². The quantitative estimate of drug-likeness (QED) is 0.681. The van der Waals surface area contributed by atoms with Crippen molar-refractivity contribution in [2.75, 3.05) is 11.9 Å². The molecule has 2 rings (SSSR count). The standard InChI is InChI=1S/C9H11NO2S/c1-7-6-10-8-4-2-3-5-9(8)13(7,11)12/h2-5,7,10H,6H2,1H3. The van der Waals surface area contributed by atoms with E-state index in [0.717, 1.165) is 5.69 Å². The predicted molar refractivity (Wildman–Crippen MR) is 51.6 cm³/mol. The van der Waals surface area contributed by atoms with Gasteiger partial charge in [0.2, 0.25) is 0 Å². The maximum Gasteiger partial charge on any atom is 0.184 e. The fraction of sp³-hybridized carbons (Fsp3) is 0.333. The average Bonchev–Trinajstić information content (AvgIpc) is 2.13. The summed E-state index contributed by atoms with van der Waals surface area (Å²) in [5, 5.41) is 2.76. The Hall–Kier alpha value is -1.03. The first-order chi connectivity index (χ1) is 6.12. The number of benzene rings is 1. The van der Waals surface area contributed by atoms with E-state index in [-0.39, 0.29) is 5.25 Å². The molecule has 0 fully saturated rings. The number of anilines is 1. The summed E-state index contributed by atoms with van der Waals surface area (Å²) < 4.78 is 23.5. The third-order valence-corrected chi connectivity index (χ3v) is 4.50. The molecular weight excluding hydrogens is 186 g/mol. The van der Waals surface area contributed by atoms with E-state index in [9.17, 15) is 8.42 Å². The van der Waals surface area contributed by atoms with E-state index in [4.69, 9.17) is 0 Å². The van der Waals surface area contributed by atoms with E-state index in [1.54, 1.807) is 25.1 Å². The van der Waals surface area contributed by atoms with Gasteiger partial charge < -0.3 is 5.32 Å². The summed E-state index contributed by atoms with van der Waals surface area (Å²) in [5.41, 5.74) is 0.723. The molecule has 1 aliphatic rings. The molecule has 0 bridgehead atoms. The van der Waals surface area contributed by atoms with E-state index >= 15 is 0 Å². The minimum atomic E-state index is -3.08. The molecular formula is C9H11NO2S. The zero-order valence-electron chi connectivity index (χ0n) is 7.32. The van der Waals surface area contributed by atoms with Crippen LogP contribution in [0.3, 0.4) is 0 Å². The normalized spacial score (nSPS) is 24.5. The zero-order valence-corrected chi connectivity index (χ0v) is 8.14. The summed E-state index contributed by atoms with van der Waals surface area (Å²) in [4.78, 5) is 0.425. The van der Waals surface area contributed by atoms with Gasteiger partial charge in [0.1, 0.15) is 0 Å². The highest BCUT2D eigenvalue weighted by Crippen LogP contribution is 2.28. The van der Waals surface area contributed by atoms with Crippen molar-refractivity contribution in [3.8, 4) is 0 Å². The second kappa shape index (κ2) is 2.73. The highest BCUT2D eigenvalue weighted by Gasteiger charge is 2.29. The first-order valence-electron chi connectivity index (χ1n) is 4.19. The number of rotatable bonds is 0. The van der Waals surface area contributed by atoms with Crippen molar-refractivity contribution < 1.29 is 8.42 Å². The van der Waals surface area contributed by atoms with Crippen LogP contribution in [0.4, 0.5) is 5.69 Å². The monoisotopic (exact) mass is 197 g/mol. The van der Waals surface area contributed by atoms with Gasteiger partial charge in [-0.1, -0.05) is 12.1 Å². The Morgan fingerprint density at radius 1 is 1.38 bits per heavy atom. The van der Waals surface area contributed by atoms with E-state index in [2.05, 4.69) is 5.32 Å². The topological polar surface area (TPSA) is 46.2 Å². The summed E-state index contributed by atoms with van der Waals surface area (Å²) in [5.74, 6) is 0. The molecule has 0 saturated carbocycles. The second-order valence-corrected chi connectivity index (χ2v) is 5.57. The lowest BCUT2D eigenvalue weighted by atomic mass is 10.3. The van der Waals surface area contributed by atoms with Gasteiger partial charge in [-0.3, -0.25) is 0 Å². The molecule has 1 aromatic rings. The van der Waals surface area contributed by atoms with E-state index in [1.165, 1.54) is 0 Å². The summed E-state index contributed by atoms with van der Waals surface area (Å²) in [6.45, 7) is 2.22. The lowest BCUT2D eigenvalue weighted by Gasteiger charge is -2.23. The van der Waals surface area contributed by atoms with Crippen LogP contribution >= 0.6 is 0 Å². The molecule has 0 radical (unpaired) electrons. The summed E-state index contributed by atoms with van der Waals surface area (Å²) in [7, 11) is -3.08. The number of nitrogens with one attached hydrogen (secondary N) is 1. The third-order valence-electron chi connectivity index (χ3n) is 2.30. The van der Waals surface area contributed by atoms with Gasteiger partial charge in [0.15, 0.2) is 9.84 Å². The van der Waals surface area contributed by atoms with Gasteiger partial charge in [0.25, 0.3) is 0 Å². The fourth-order valence-electron chi connectivity index (χ4n) is 1.44. The maximum atomic E-state index is 11.8. The van der Waals surface area contributed by atoms with Crippen molar-refractivity contribution in [3.05, 3.63) is 24.3 Å². The second-order valence-electron chi connectivity index (χ2n) is 3.23. The minimum absolute atomic E-state index is 0.331. The van der Waals surface area contributed by atoms with Crippen LogP contribution < -0.4 is 5.32 Å². The predicted octanol–water partition coefficient (Wildman–Crippen LogP) is 1.27. The first kappa shape index (κ1) is 8.56. The highest BCUT2D eigenvalue weighted by molar-refractivity contribution is 7.92. The fourth-order valence-corrected chi connectivity index (χ4v) is 2.89. The smallest absolute Gasteiger partial charge is 0.184 e. The van der Waals surface area contributed by atoms with Crippen LogP contribution in [-0.4, -0.2) is 20.2 Å². The molecule has 1 atom stereocenters. The molecule has 1 heterocycles. The van der Waals surface area contributed by atoms with Gasteiger partial charge in [0.05, 0.1) is 15.8 Å². The molecule has 0 aromatic heterocycles. The molecule has 0 saturated heterocycles. The van der Waals surface area contributed by atoms with Gasteiger partial charge in [-0.05, 0) is 19.1 Å². The minimum Gasteiger partial charge on any atom is -0.383 e. The number of fused-ring (bicyclic) bond motifs is 1. The van der Waals surface area contributed by atoms with Crippen LogP contribution in [0, 0.1) is 0 Å². The van der Waals surface area contributed by atoms with Crippen LogP contribution in [0.5, 0.6) is 0 Å². The van der Waals surface area contributed by atoms with Gasteiger partial charge in [-0.15, -0.1) is 0 Å². The SMILES string of the molecule is CC1CNc2ccccc2S1(=O)=O. The molecule has 1 N–H and O–H groups in total. The van der Waals surface area contributed by atoms with Gasteiger partial charge in [-0.25, -0.2) is 8.42 Å². The van der Waals surface area contributed by atoms with Crippen LogP contribution in [0.2, 0.25) is 0 Å². The number of hydrogen-bond acceptors (Lipinski definition) is 3. The number of para-hydroxylation sites is 1. The Labute approximate surface area is 77.7 Å². The Morgan fingerprint density at radius 2 is 2.08 bits per heavy atom. The number of hydrogen-bond donors (Lipinski definition) is 1. The molecule has 70 valence electrons. The first-order valence-corrected chi connectivity index (χ1v) is 5.74. The molecule has 1 unspecified atom stereocenters. The third kappa shape index (κ3) is 1.21. The van der Waals surface area contributed by atoms with Gasteiger partial charge >= 0.3 is 0 Å². The van der Waals surface area contributed by atoms with Crippen molar-refractivity contribution in [2.24, 2.45) is 0 Å². The highest BCUT2D eigenvalue weighted by atomic mass is 32.2. The lowest BCUT2D eigenvalue weighted by Crippen LogP contribution is -2.31. The summed E-state index contributed by atoms with van der Waals surface area (Å²) >= 11 is 0. The van der Waals surface area contributed by atoms with Crippen molar-refractivity contribution >= 4 is 15.5 Å². The molecule has 0 amide bonds. The largest absolute Gasteiger partial charge is 0.383 e. The average molecular weight is 197 g/mol. The molecule has 1 aliphatic heterocycles. The van der Waals surface area contributed by atoms with Crippen molar-refractivity contribution in [1.82, 2.24) is 0 Å². The van der Waals surface area contributed by atoms with Crippen molar-refractivity contribution in [1.29, 1.82) is 0 Å². The summed E-state index contributed by atoms with van der Waals surface area (Å²) in [6.07, 6.45) is 0. The van der Waals surface area contributed by atoms with E-state index in [1.807, 2.05) is 6.07 Å². The molecule has 0 spiro atoms. The number of sulfone groups is 1. The Kier molecular flexibility index (Phi) is 1.80. The maximum absolute atomic E-state index is 11.8. The molecule has 4 heteroatoms. The van der Waals surface area contributed by atoms with Crippen LogP contribution in [0.15, 0.2) is 29.2 Å². The Bertz CT molecular complexity index is 425. The van der Waals surface area contributed by atoms with Crippen LogP contribution in [0.25, 0.3) is 0 Å². The molecule has 13 heavy (non-hydrogen) atoms. The Morgan fingerprint density at radius 3 is 2.85 bits per heavy atom.